The van der Waals surface area contributed by atoms with Gasteiger partial charge in [-0.2, -0.15) is 0 Å². The second kappa shape index (κ2) is 4.78. The third-order valence-corrected chi connectivity index (χ3v) is 3.32. The number of likely N-dealkylation sites (N-methyl/N-ethyl adjacent to an activating group) is 1. The highest BCUT2D eigenvalue weighted by molar-refractivity contribution is 5.45. The molecule has 1 aromatic carbocycles. The van der Waals surface area contributed by atoms with Gasteiger partial charge >= 0.3 is 0 Å². The summed E-state index contributed by atoms with van der Waals surface area (Å²) in [5.41, 5.74) is 2.29. The van der Waals surface area contributed by atoms with Crippen LogP contribution in [0.3, 0.4) is 0 Å². The van der Waals surface area contributed by atoms with E-state index in [1.54, 1.807) is 0 Å². The van der Waals surface area contributed by atoms with Crippen molar-refractivity contribution in [3.63, 3.8) is 0 Å². The van der Waals surface area contributed by atoms with E-state index in [1.807, 2.05) is 37.5 Å². The Morgan fingerprint density at radius 2 is 2.06 bits per heavy atom. The van der Waals surface area contributed by atoms with Crippen molar-refractivity contribution in [2.24, 2.45) is 0 Å². The van der Waals surface area contributed by atoms with E-state index in [2.05, 4.69) is 22.4 Å². The fourth-order valence-electron chi connectivity index (χ4n) is 2.47. The Morgan fingerprint density at radius 3 is 2.94 bits per heavy atom. The molecule has 0 radical (unpaired) electrons. The summed E-state index contributed by atoms with van der Waals surface area (Å²) in [6, 6.07) is 12.1. The van der Waals surface area contributed by atoms with Gasteiger partial charge in [-0.1, -0.05) is 18.2 Å². The summed E-state index contributed by atoms with van der Waals surface area (Å²) < 4.78 is 5.99. The minimum absolute atomic E-state index is 0.405. The molecule has 0 saturated carbocycles. The van der Waals surface area contributed by atoms with Gasteiger partial charge < -0.3 is 10.1 Å². The van der Waals surface area contributed by atoms with E-state index in [1.165, 1.54) is 5.56 Å². The fraction of sp³-hybridized carbons (Fsp3) is 0.267. The van der Waals surface area contributed by atoms with Crippen molar-refractivity contribution >= 4 is 0 Å². The molecule has 3 nitrogen and oxygen atoms in total. The first-order valence-electron chi connectivity index (χ1n) is 6.24. The summed E-state index contributed by atoms with van der Waals surface area (Å²) in [6.07, 6.45) is 2.74. The number of aromatic nitrogens is 1. The number of pyridine rings is 1. The average molecular weight is 240 g/mol. The molecule has 92 valence electrons. The van der Waals surface area contributed by atoms with Gasteiger partial charge in [-0.25, -0.2) is 0 Å². The molecule has 2 aromatic rings. The molecule has 0 bridgehead atoms. The average Bonchev–Trinajstić information content (AvgIpc) is 2.56. The van der Waals surface area contributed by atoms with Crippen LogP contribution in [-0.4, -0.2) is 18.6 Å². The van der Waals surface area contributed by atoms with Crippen LogP contribution in [0.4, 0.5) is 0 Å². The number of para-hydroxylation sites is 1. The molecule has 1 N–H and O–H groups in total. The molecular weight excluding hydrogens is 224 g/mol. The molecule has 0 unspecified atom stereocenters. The van der Waals surface area contributed by atoms with Crippen molar-refractivity contribution < 1.29 is 4.74 Å². The lowest BCUT2D eigenvalue weighted by Gasteiger charge is -2.15. The van der Waals surface area contributed by atoms with E-state index in [0.717, 1.165) is 30.2 Å². The molecular formula is C15H16N2O. The van der Waals surface area contributed by atoms with Crippen LogP contribution in [0.2, 0.25) is 0 Å². The lowest BCUT2D eigenvalue weighted by molar-refractivity contribution is 0.475. The lowest BCUT2D eigenvalue weighted by Crippen LogP contribution is -2.18. The summed E-state index contributed by atoms with van der Waals surface area (Å²) in [5.74, 6) is 2.23. The van der Waals surface area contributed by atoms with Crippen LogP contribution in [0.5, 0.6) is 11.5 Å². The molecule has 18 heavy (non-hydrogen) atoms. The molecule has 1 aliphatic heterocycles. The van der Waals surface area contributed by atoms with Crippen LogP contribution in [-0.2, 0) is 6.42 Å². The monoisotopic (exact) mass is 240 g/mol. The molecule has 0 spiro atoms. The number of hydrogen-bond acceptors (Lipinski definition) is 3. The van der Waals surface area contributed by atoms with Crippen molar-refractivity contribution in [1.82, 2.24) is 10.3 Å². The zero-order valence-electron chi connectivity index (χ0n) is 10.4. The molecule has 0 aliphatic carbocycles. The summed E-state index contributed by atoms with van der Waals surface area (Å²) in [6.45, 7) is 0.927. The van der Waals surface area contributed by atoms with Crippen molar-refractivity contribution in [2.75, 3.05) is 13.6 Å². The molecule has 0 saturated heterocycles. The van der Waals surface area contributed by atoms with Gasteiger partial charge in [0.25, 0.3) is 0 Å². The van der Waals surface area contributed by atoms with Crippen molar-refractivity contribution in [2.45, 2.75) is 12.3 Å². The van der Waals surface area contributed by atoms with E-state index in [0.29, 0.717) is 5.92 Å². The summed E-state index contributed by atoms with van der Waals surface area (Å²) in [4.78, 5) is 4.44. The predicted molar refractivity (Wildman–Crippen MR) is 71.1 cm³/mol. The molecule has 1 aromatic heterocycles. The van der Waals surface area contributed by atoms with Crippen molar-refractivity contribution in [1.29, 1.82) is 0 Å². The minimum Gasteiger partial charge on any atom is -0.455 e. The SMILES string of the molecule is CNC[C@H]1Cc2ncccc2Oc2ccccc21. The van der Waals surface area contributed by atoms with E-state index >= 15 is 0 Å². The smallest absolute Gasteiger partial charge is 0.148 e. The number of nitrogens with one attached hydrogen (secondary N) is 1. The maximum atomic E-state index is 5.99. The van der Waals surface area contributed by atoms with E-state index in [4.69, 9.17) is 4.74 Å². The number of fused-ring (bicyclic) bond motifs is 2. The minimum atomic E-state index is 0.405. The zero-order chi connectivity index (χ0) is 12.4. The van der Waals surface area contributed by atoms with Gasteiger partial charge in [0.05, 0.1) is 5.69 Å². The quantitative estimate of drug-likeness (QED) is 0.876. The van der Waals surface area contributed by atoms with Crippen molar-refractivity contribution in [3.05, 3.63) is 53.9 Å². The Labute approximate surface area is 107 Å². The van der Waals surface area contributed by atoms with E-state index in [9.17, 15) is 0 Å². The molecule has 3 heteroatoms. The van der Waals surface area contributed by atoms with E-state index < -0.39 is 0 Å². The number of hydrogen-bond donors (Lipinski definition) is 1. The van der Waals surface area contributed by atoms with Gasteiger partial charge in [0.2, 0.25) is 0 Å². The number of nitrogens with zero attached hydrogens (tertiary/aromatic N) is 1. The predicted octanol–water partition coefficient (Wildman–Crippen LogP) is 2.73. The number of ether oxygens (including phenoxy) is 1. The summed E-state index contributed by atoms with van der Waals surface area (Å²) in [7, 11) is 1.98. The normalized spacial score (nSPS) is 17.3. The summed E-state index contributed by atoms with van der Waals surface area (Å²) >= 11 is 0. The Hall–Kier alpha value is -1.87. The largest absolute Gasteiger partial charge is 0.455 e. The highest BCUT2D eigenvalue weighted by atomic mass is 16.5. The Kier molecular flexibility index (Phi) is 2.99. The Bertz CT molecular complexity index is 554. The zero-order valence-corrected chi connectivity index (χ0v) is 10.4. The number of benzene rings is 1. The first-order valence-corrected chi connectivity index (χ1v) is 6.24. The third kappa shape index (κ3) is 1.97. The second-order valence-corrected chi connectivity index (χ2v) is 4.55. The van der Waals surface area contributed by atoms with Gasteiger partial charge in [0.1, 0.15) is 11.5 Å². The topological polar surface area (TPSA) is 34.2 Å². The molecule has 0 fully saturated rings. The van der Waals surface area contributed by atoms with Crippen LogP contribution < -0.4 is 10.1 Å². The first-order chi connectivity index (χ1) is 8.88. The Morgan fingerprint density at radius 1 is 1.22 bits per heavy atom. The van der Waals surface area contributed by atoms with Gasteiger partial charge in [-0.15, -0.1) is 0 Å². The van der Waals surface area contributed by atoms with Crippen molar-refractivity contribution in [3.8, 4) is 11.5 Å². The van der Waals surface area contributed by atoms with Gasteiger partial charge in [0, 0.05) is 25.1 Å². The molecule has 0 amide bonds. The van der Waals surface area contributed by atoms with Crippen LogP contribution >= 0.6 is 0 Å². The highest BCUT2D eigenvalue weighted by Gasteiger charge is 2.23. The second-order valence-electron chi connectivity index (χ2n) is 4.55. The Balaban J connectivity index is 2.08. The van der Waals surface area contributed by atoms with Crippen LogP contribution in [0.25, 0.3) is 0 Å². The maximum Gasteiger partial charge on any atom is 0.148 e. The van der Waals surface area contributed by atoms with Gasteiger partial charge in [0.15, 0.2) is 0 Å². The lowest BCUT2D eigenvalue weighted by atomic mass is 9.94. The van der Waals surface area contributed by atoms with Crippen LogP contribution in [0.15, 0.2) is 42.6 Å². The van der Waals surface area contributed by atoms with E-state index in [-0.39, 0.29) is 0 Å². The highest BCUT2D eigenvalue weighted by Crippen LogP contribution is 2.37. The molecule has 1 aliphatic rings. The van der Waals surface area contributed by atoms with Gasteiger partial charge in [-0.3, -0.25) is 4.98 Å². The van der Waals surface area contributed by atoms with Crippen LogP contribution in [0.1, 0.15) is 17.2 Å². The standard InChI is InChI=1S/C15H16N2O/c1-16-10-11-9-13-15(7-4-8-17-13)18-14-6-3-2-5-12(11)14/h2-8,11,16H,9-10H2,1H3/t11-/m1/s1. The summed E-state index contributed by atoms with van der Waals surface area (Å²) in [5, 5.41) is 3.25. The third-order valence-electron chi connectivity index (χ3n) is 3.32. The molecule has 2 heterocycles. The van der Waals surface area contributed by atoms with Gasteiger partial charge in [-0.05, 0) is 30.8 Å². The maximum absolute atomic E-state index is 5.99. The fourth-order valence-corrected chi connectivity index (χ4v) is 2.47. The number of rotatable bonds is 2. The van der Waals surface area contributed by atoms with Crippen LogP contribution in [0, 0.1) is 0 Å². The molecule has 1 atom stereocenters. The molecule has 3 rings (SSSR count). The first kappa shape index (κ1) is 11.2.